The summed E-state index contributed by atoms with van der Waals surface area (Å²) in [7, 11) is 0. The van der Waals surface area contributed by atoms with Gasteiger partial charge >= 0.3 is 0 Å². The summed E-state index contributed by atoms with van der Waals surface area (Å²) in [4.78, 5) is 74.7. The molecule has 1 heterocycles. The third-order valence-electron chi connectivity index (χ3n) is 8.90. The normalized spacial score (nSPS) is 13.5. The zero-order chi connectivity index (χ0) is 41.3. The maximum absolute atomic E-state index is 14.1. The highest BCUT2D eigenvalue weighted by Gasteiger charge is 2.32. The molecule has 0 radical (unpaired) electrons. The molecule has 18 nitrogen and oxygen atoms in total. The van der Waals surface area contributed by atoms with Crippen molar-refractivity contribution in [1.29, 1.82) is 5.41 Å². The van der Waals surface area contributed by atoms with Gasteiger partial charge in [-0.05, 0) is 60.2 Å². The average Bonchev–Trinajstić information content (AvgIpc) is 3.70. The van der Waals surface area contributed by atoms with Crippen molar-refractivity contribution in [3.8, 4) is 11.5 Å². The number of carbonyl (C=O) groups excluding carboxylic acids is 5. The van der Waals surface area contributed by atoms with E-state index in [9.17, 15) is 34.2 Å². The van der Waals surface area contributed by atoms with E-state index in [1.807, 2.05) is 0 Å². The highest BCUT2D eigenvalue weighted by atomic mass is 16.3. The van der Waals surface area contributed by atoms with E-state index >= 15 is 0 Å². The highest BCUT2D eigenvalue weighted by Crippen LogP contribution is 2.14. The number of hydrogen-bond acceptors (Lipinski definition) is 10. The third-order valence-corrected chi connectivity index (χ3v) is 8.90. The minimum atomic E-state index is -1.28. The minimum Gasteiger partial charge on any atom is -0.508 e. The number of aromatic hydroxyl groups is 2. The molecule has 4 aromatic rings. The number of guanidine groups is 1. The number of nitrogens with two attached hydrogens (primary N) is 3. The van der Waals surface area contributed by atoms with Gasteiger partial charge in [0.15, 0.2) is 5.96 Å². The summed E-state index contributed by atoms with van der Waals surface area (Å²) in [5, 5.41) is 40.3. The molecule has 0 fully saturated rings. The van der Waals surface area contributed by atoms with E-state index in [0.29, 0.717) is 16.8 Å². The van der Waals surface area contributed by atoms with E-state index in [4.69, 9.17) is 22.6 Å². The van der Waals surface area contributed by atoms with Crippen molar-refractivity contribution in [3.63, 3.8) is 0 Å². The molecule has 302 valence electrons. The van der Waals surface area contributed by atoms with Crippen molar-refractivity contribution in [2.24, 2.45) is 17.2 Å². The Kier molecular flexibility index (Phi) is 15.9. The second-order valence-electron chi connectivity index (χ2n) is 13.4. The van der Waals surface area contributed by atoms with E-state index in [2.05, 4.69) is 36.6 Å². The largest absolute Gasteiger partial charge is 0.508 e. The number of phenols is 2. The van der Waals surface area contributed by atoms with Crippen LogP contribution in [0.4, 0.5) is 0 Å². The number of amides is 5. The molecule has 15 N–H and O–H groups in total. The number of aromatic amines is 1. The van der Waals surface area contributed by atoms with Gasteiger partial charge in [-0.1, -0.05) is 54.6 Å². The maximum atomic E-state index is 14.1. The van der Waals surface area contributed by atoms with E-state index in [-0.39, 0.29) is 62.5 Å². The first-order valence-electron chi connectivity index (χ1n) is 18.2. The van der Waals surface area contributed by atoms with Crippen molar-refractivity contribution in [1.82, 2.24) is 36.6 Å². The molecular weight excluding hydrogens is 734 g/mol. The van der Waals surface area contributed by atoms with Crippen molar-refractivity contribution in [2.45, 2.75) is 68.7 Å². The molecule has 0 bridgehead atoms. The van der Waals surface area contributed by atoms with Gasteiger partial charge in [-0.25, -0.2) is 4.98 Å². The van der Waals surface area contributed by atoms with Crippen LogP contribution in [0, 0.1) is 5.41 Å². The Morgan fingerprint density at radius 2 is 1.14 bits per heavy atom. The van der Waals surface area contributed by atoms with Crippen LogP contribution in [0.2, 0.25) is 0 Å². The maximum Gasteiger partial charge on any atom is 0.243 e. The number of carbonyl (C=O) groups is 5. The topological polar surface area (TPSA) is 317 Å². The molecule has 57 heavy (non-hydrogen) atoms. The number of imidazole rings is 1. The quantitative estimate of drug-likeness (QED) is 0.0279. The van der Waals surface area contributed by atoms with Gasteiger partial charge in [-0.3, -0.25) is 29.4 Å². The smallest absolute Gasteiger partial charge is 0.243 e. The highest BCUT2D eigenvalue weighted by molar-refractivity contribution is 5.96. The van der Waals surface area contributed by atoms with Gasteiger partial charge in [-0.2, -0.15) is 0 Å². The molecular formula is C39H49N11O7. The second kappa shape index (κ2) is 21.2. The summed E-state index contributed by atoms with van der Waals surface area (Å²) in [6, 6.07) is 15.1. The van der Waals surface area contributed by atoms with E-state index in [1.165, 1.54) is 36.8 Å². The summed E-state index contributed by atoms with van der Waals surface area (Å²) < 4.78 is 0. The van der Waals surface area contributed by atoms with Crippen LogP contribution in [0.5, 0.6) is 11.5 Å². The first kappa shape index (κ1) is 42.8. The number of primary amides is 1. The molecule has 4 rings (SSSR count). The molecule has 0 unspecified atom stereocenters. The van der Waals surface area contributed by atoms with Crippen molar-refractivity contribution >= 4 is 35.5 Å². The van der Waals surface area contributed by atoms with Gasteiger partial charge in [0.25, 0.3) is 0 Å². The second-order valence-corrected chi connectivity index (χ2v) is 13.4. The predicted molar refractivity (Wildman–Crippen MR) is 210 cm³/mol. The molecule has 0 saturated carbocycles. The minimum absolute atomic E-state index is 0.00670. The van der Waals surface area contributed by atoms with Gasteiger partial charge < -0.3 is 59.0 Å². The Balaban J connectivity index is 1.56. The number of benzene rings is 3. The van der Waals surface area contributed by atoms with E-state index in [0.717, 1.165) is 5.56 Å². The first-order chi connectivity index (χ1) is 27.3. The zero-order valence-electron chi connectivity index (χ0n) is 31.1. The fourth-order valence-corrected chi connectivity index (χ4v) is 5.84. The van der Waals surface area contributed by atoms with Gasteiger partial charge in [-0.15, -0.1) is 0 Å². The number of hydrogen-bond donors (Lipinski definition) is 12. The van der Waals surface area contributed by atoms with Gasteiger partial charge in [0.2, 0.25) is 29.5 Å². The SMILES string of the molecule is N=C(N)NCCC[C@H](NC(=O)[C@@H](Cc1ccc(O)cc1)NC(=O)[C@@H](N)Cc1ccc(O)cc1)C(=O)N[C@@H](Cc1c[nH]cn1)C(=O)N[C@@H](Cc1ccccc1)C(N)=O. The molecule has 0 saturated heterocycles. The molecule has 5 atom stereocenters. The predicted octanol–water partition coefficient (Wildman–Crippen LogP) is -0.893. The van der Waals surface area contributed by atoms with Crippen LogP contribution in [0.15, 0.2) is 91.4 Å². The molecule has 5 amide bonds. The van der Waals surface area contributed by atoms with Gasteiger partial charge in [0.1, 0.15) is 35.7 Å². The Bertz CT molecular complexity index is 1940. The van der Waals surface area contributed by atoms with Crippen molar-refractivity contribution in [2.75, 3.05) is 6.54 Å². The number of aromatic nitrogens is 2. The zero-order valence-corrected chi connectivity index (χ0v) is 31.1. The summed E-state index contributed by atoms with van der Waals surface area (Å²) in [5.41, 5.74) is 19.7. The Morgan fingerprint density at radius 1 is 0.649 bits per heavy atom. The number of nitrogens with one attached hydrogen (secondary N) is 7. The van der Waals surface area contributed by atoms with E-state index < -0.39 is 59.7 Å². The number of H-pyrrole nitrogens is 1. The summed E-state index contributed by atoms with van der Waals surface area (Å²) >= 11 is 0. The monoisotopic (exact) mass is 783 g/mol. The lowest BCUT2D eigenvalue weighted by Crippen LogP contribution is -2.59. The fraction of sp³-hybridized carbons (Fsp3) is 0.308. The van der Waals surface area contributed by atoms with Crippen LogP contribution in [0.1, 0.15) is 35.2 Å². The van der Waals surface area contributed by atoms with Crippen molar-refractivity contribution in [3.05, 3.63) is 114 Å². The van der Waals surface area contributed by atoms with Gasteiger partial charge in [0, 0.05) is 32.0 Å². The lowest BCUT2D eigenvalue weighted by Gasteiger charge is -2.27. The van der Waals surface area contributed by atoms with Gasteiger partial charge in [0.05, 0.1) is 18.1 Å². The first-order valence-corrected chi connectivity index (χ1v) is 18.2. The van der Waals surface area contributed by atoms with Crippen LogP contribution in [-0.4, -0.2) is 92.4 Å². The number of nitrogens with zero attached hydrogens (tertiary/aromatic N) is 1. The molecule has 3 aromatic carbocycles. The molecule has 1 aromatic heterocycles. The molecule has 0 spiro atoms. The summed E-state index contributed by atoms with van der Waals surface area (Å²) in [6.07, 6.45) is 3.23. The third kappa shape index (κ3) is 14.3. The summed E-state index contributed by atoms with van der Waals surface area (Å²) in [5.74, 6) is -3.95. The standard InChI is InChI=1S/C39H49N11O7/c40-29(17-24-8-12-27(51)13-9-24)35(54)49-32(19-25-10-14-28(52)15-11-25)37(56)47-30(7-4-16-45-39(42)43)36(55)50-33(20-26-21-44-22-46-26)38(57)48-31(34(41)53)18-23-5-2-1-3-6-23/h1-3,5-6,8-15,21-22,29-33,51-52H,4,7,16-20,40H2,(H2,41,53)(H,44,46)(H,47,56)(H,48,57)(H,49,54)(H,50,55)(H4,42,43,45)/t29-,30-,31-,32+,33-/m0/s1. The Hall–Kier alpha value is -6.95. The fourth-order valence-electron chi connectivity index (χ4n) is 5.84. The van der Waals surface area contributed by atoms with Crippen LogP contribution < -0.4 is 43.8 Å². The number of phenolic OH excluding ortho intramolecular Hbond substituents is 2. The van der Waals surface area contributed by atoms with Crippen LogP contribution in [0.25, 0.3) is 0 Å². The summed E-state index contributed by atoms with van der Waals surface area (Å²) in [6.45, 7) is 0.172. The Morgan fingerprint density at radius 3 is 1.70 bits per heavy atom. The van der Waals surface area contributed by atoms with Crippen molar-refractivity contribution < 1.29 is 34.2 Å². The lowest BCUT2D eigenvalue weighted by molar-refractivity contribution is -0.134. The van der Waals surface area contributed by atoms with Crippen LogP contribution in [-0.2, 0) is 49.7 Å². The molecule has 0 aliphatic rings. The average molecular weight is 784 g/mol. The lowest BCUT2D eigenvalue weighted by atomic mass is 10.0. The van der Waals surface area contributed by atoms with E-state index in [1.54, 1.807) is 54.6 Å². The van der Waals surface area contributed by atoms with Crippen LogP contribution >= 0.6 is 0 Å². The Labute approximate surface area is 328 Å². The molecule has 0 aliphatic carbocycles. The number of rotatable bonds is 21. The van der Waals surface area contributed by atoms with Crippen LogP contribution in [0.3, 0.4) is 0 Å². The molecule has 0 aliphatic heterocycles. The molecule has 18 heteroatoms.